The van der Waals surface area contributed by atoms with Gasteiger partial charge in [0.1, 0.15) is 5.75 Å². The van der Waals surface area contributed by atoms with Gasteiger partial charge < -0.3 is 14.2 Å². The second-order valence-corrected chi connectivity index (χ2v) is 7.41. The lowest BCUT2D eigenvalue weighted by molar-refractivity contribution is -0.00849. The minimum absolute atomic E-state index is 0.136. The van der Waals surface area contributed by atoms with Crippen molar-refractivity contribution in [3.05, 3.63) is 65.2 Å². The summed E-state index contributed by atoms with van der Waals surface area (Å²) in [7, 11) is 1.64. The van der Waals surface area contributed by atoms with Crippen LogP contribution in [0.2, 0.25) is 0 Å². The highest BCUT2D eigenvalue weighted by Crippen LogP contribution is 2.32. The average Bonchev–Trinajstić information content (AvgIpc) is 2.60. The fraction of sp³-hybridized carbons (Fsp3) is 0.429. The fourth-order valence-corrected chi connectivity index (χ4v) is 2.70. The molecule has 0 fully saturated rings. The van der Waals surface area contributed by atoms with Crippen LogP contribution in [0.15, 0.2) is 48.5 Å². The van der Waals surface area contributed by atoms with E-state index in [4.69, 9.17) is 25.8 Å². The molecule has 1 atom stereocenters. The Hall–Kier alpha value is -1.55. The molecule has 0 saturated carbocycles. The van der Waals surface area contributed by atoms with Gasteiger partial charge in [0.2, 0.25) is 0 Å². The Morgan fingerprint density at radius 3 is 2.32 bits per heavy atom. The van der Waals surface area contributed by atoms with Crippen LogP contribution in [0.5, 0.6) is 5.75 Å². The molecule has 0 amide bonds. The molecule has 0 saturated heterocycles. The highest BCUT2D eigenvalue weighted by molar-refractivity contribution is 6.22. The molecule has 3 nitrogen and oxygen atoms in total. The van der Waals surface area contributed by atoms with Crippen molar-refractivity contribution >= 4 is 11.6 Å². The van der Waals surface area contributed by atoms with Crippen molar-refractivity contribution in [3.8, 4) is 5.75 Å². The van der Waals surface area contributed by atoms with Crippen molar-refractivity contribution in [1.29, 1.82) is 0 Å². The van der Waals surface area contributed by atoms with Gasteiger partial charge in [0.15, 0.2) is 6.79 Å². The molecule has 25 heavy (non-hydrogen) atoms. The lowest BCUT2D eigenvalue weighted by Gasteiger charge is -2.20. The highest BCUT2D eigenvalue weighted by Gasteiger charge is 2.16. The molecule has 0 heterocycles. The van der Waals surface area contributed by atoms with E-state index < -0.39 is 0 Å². The highest BCUT2D eigenvalue weighted by atomic mass is 35.5. The Bertz CT molecular complexity index is 647. The molecule has 0 aliphatic rings. The molecule has 2 aromatic rings. The van der Waals surface area contributed by atoms with Gasteiger partial charge in [-0.3, -0.25) is 0 Å². The fourth-order valence-electron chi connectivity index (χ4n) is 2.42. The summed E-state index contributed by atoms with van der Waals surface area (Å²) in [5, 5.41) is -0.216. The molecule has 0 aromatic heterocycles. The quantitative estimate of drug-likeness (QED) is 0.361. The van der Waals surface area contributed by atoms with Crippen molar-refractivity contribution < 1.29 is 14.2 Å². The summed E-state index contributed by atoms with van der Waals surface area (Å²) in [6.45, 7) is 7.87. The van der Waals surface area contributed by atoms with Crippen molar-refractivity contribution in [3.63, 3.8) is 0 Å². The molecule has 2 aromatic carbocycles. The molecule has 0 bridgehead atoms. The average molecular weight is 363 g/mol. The van der Waals surface area contributed by atoms with E-state index >= 15 is 0 Å². The second-order valence-electron chi connectivity index (χ2n) is 6.97. The van der Waals surface area contributed by atoms with Gasteiger partial charge in [0, 0.05) is 7.11 Å². The summed E-state index contributed by atoms with van der Waals surface area (Å²) in [6.07, 6.45) is 0. The van der Waals surface area contributed by atoms with Gasteiger partial charge in [-0.2, -0.15) is 0 Å². The van der Waals surface area contributed by atoms with Crippen LogP contribution in [-0.4, -0.2) is 27.1 Å². The van der Waals surface area contributed by atoms with Crippen LogP contribution in [0, 0.1) is 0 Å². The Morgan fingerprint density at radius 1 is 0.960 bits per heavy atom. The minimum Gasteiger partial charge on any atom is -0.468 e. The lowest BCUT2D eigenvalue weighted by atomic mass is 9.86. The smallest absolute Gasteiger partial charge is 0.189 e. The van der Waals surface area contributed by atoms with E-state index in [0.717, 1.165) is 16.9 Å². The predicted molar refractivity (Wildman–Crippen MR) is 103 cm³/mol. The zero-order valence-electron chi connectivity index (χ0n) is 15.4. The first-order valence-corrected chi connectivity index (χ1v) is 8.89. The third-order valence-corrected chi connectivity index (χ3v) is 4.46. The molecular formula is C21H27ClO3. The molecule has 1 unspecified atom stereocenters. The van der Waals surface area contributed by atoms with E-state index in [1.165, 1.54) is 5.56 Å². The molecule has 0 spiro atoms. The number of alkyl halides is 1. The monoisotopic (exact) mass is 362 g/mol. The van der Waals surface area contributed by atoms with Crippen molar-refractivity contribution in [1.82, 2.24) is 0 Å². The van der Waals surface area contributed by atoms with E-state index in [0.29, 0.717) is 13.2 Å². The standard InChI is InChI=1S/C21H27ClO3/c1-21(2,3)18-10-8-16(9-11-18)20(22)17-6-5-7-19(14-17)25-15-24-13-12-23-4/h5-11,14,20H,12-13,15H2,1-4H3. The molecule has 2 rings (SSSR count). The van der Waals surface area contributed by atoms with E-state index in [1.54, 1.807) is 7.11 Å². The van der Waals surface area contributed by atoms with Gasteiger partial charge in [-0.15, -0.1) is 11.6 Å². The van der Waals surface area contributed by atoms with Crippen LogP contribution in [-0.2, 0) is 14.9 Å². The summed E-state index contributed by atoms with van der Waals surface area (Å²) < 4.78 is 15.9. The largest absolute Gasteiger partial charge is 0.468 e. The molecular weight excluding hydrogens is 336 g/mol. The Balaban J connectivity index is 2.01. The number of benzene rings is 2. The van der Waals surface area contributed by atoms with Crippen LogP contribution in [0.1, 0.15) is 42.8 Å². The number of ether oxygens (including phenoxy) is 3. The Labute approximate surface area is 155 Å². The first-order valence-electron chi connectivity index (χ1n) is 8.46. The predicted octanol–water partition coefficient (Wildman–Crippen LogP) is 5.31. The minimum atomic E-state index is -0.216. The normalized spacial score (nSPS) is 12.8. The number of methoxy groups -OCH3 is 1. The van der Waals surface area contributed by atoms with Crippen molar-refractivity contribution in [2.75, 3.05) is 27.1 Å². The maximum Gasteiger partial charge on any atom is 0.189 e. The van der Waals surface area contributed by atoms with Crippen LogP contribution in [0.25, 0.3) is 0 Å². The van der Waals surface area contributed by atoms with Gasteiger partial charge in [0.05, 0.1) is 18.6 Å². The molecule has 4 heteroatoms. The maximum atomic E-state index is 6.67. The van der Waals surface area contributed by atoms with Gasteiger partial charge in [0.25, 0.3) is 0 Å². The molecule has 0 N–H and O–H groups in total. The zero-order chi connectivity index (χ0) is 18.3. The van der Waals surface area contributed by atoms with Crippen LogP contribution >= 0.6 is 11.6 Å². The van der Waals surface area contributed by atoms with E-state index in [1.807, 2.05) is 24.3 Å². The van der Waals surface area contributed by atoms with Gasteiger partial charge in [-0.25, -0.2) is 0 Å². The Kier molecular flexibility index (Phi) is 7.30. The summed E-state index contributed by atoms with van der Waals surface area (Å²) >= 11 is 6.67. The zero-order valence-corrected chi connectivity index (χ0v) is 16.2. The summed E-state index contributed by atoms with van der Waals surface area (Å²) in [6, 6.07) is 16.3. The molecule has 0 aliphatic heterocycles. The van der Waals surface area contributed by atoms with E-state index in [-0.39, 0.29) is 17.6 Å². The summed E-state index contributed by atoms with van der Waals surface area (Å²) in [4.78, 5) is 0. The Morgan fingerprint density at radius 2 is 1.68 bits per heavy atom. The third kappa shape index (κ3) is 6.03. The van der Waals surface area contributed by atoms with Gasteiger partial charge in [-0.1, -0.05) is 57.2 Å². The van der Waals surface area contributed by atoms with Gasteiger partial charge >= 0.3 is 0 Å². The lowest BCUT2D eigenvalue weighted by Crippen LogP contribution is -2.10. The van der Waals surface area contributed by atoms with Crippen LogP contribution in [0.4, 0.5) is 0 Å². The van der Waals surface area contributed by atoms with E-state index in [9.17, 15) is 0 Å². The number of hydrogen-bond donors (Lipinski definition) is 0. The number of rotatable bonds is 8. The van der Waals surface area contributed by atoms with E-state index in [2.05, 4.69) is 45.0 Å². The first kappa shape index (κ1) is 19.8. The molecule has 0 radical (unpaired) electrons. The SMILES string of the molecule is COCCOCOc1cccc(C(Cl)c2ccc(C(C)(C)C)cc2)c1. The second kappa shape index (κ2) is 9.23. The summed E-state index contributed by atoms with van der Waals surface area (Å²) in [5.74, 6) is 0.742. The third-order valence-electron chi connectivity index (χ3n) is 3.96. The topological polar surface area (TPSA) is 27.7 Å². The maximum absolute atomic E-state index is 6.67. The van der Waals surface area contributed by atoms with Crippen molar-refractivity contribution in [2.24, 2.45) is 0 Å². The number of halogens is 1. The van der Waals surface area contributed by atoms with Gasteiger partial charge in [-0.05, 0) is 34.2 Å². The molecule has 136 valence electrons. The molecule has 0 aliphatic carbocycles. The van der Waals surface area contributed by atoms with Crippen molar-refractivity contribution in [2.45, 2.75) is 31.6 Å². The summed E-state index contributed by atoms with van der Waals surface area (Å²) in [5.41, 5.74) is 3.50. The first-order chi connectivity index (χ1) is 11.9. The number of hydrogen-bond acceptors (Lipinski definition) is 3. The van der Waals surface area contributed by atoms with Crippen LogP contribution < -0.4 is 4.74 Å². The van der Waals surface area contributed by atoms with Crippen LogP contribution in [0.3, 0.4) is 0 Å².